The second kappa shape index (κ2) is 9.82. The van der Waals surface area contributed by atoms with Crippen molar-refractivity contribution in [3.8, 4) is 28.7 Å². The van der Waals surface area contributed by atoms with Crippen LogP contribution in [-0.4, -0.2) is 48.4 Å². The third-order valence-electron chi connectivity index (χ3n) is 5.93. The second-order valence-electron chi connectivity index (χ2n) is 8.01. The van der Waals surface area contributed by atoms with Gasteiger partial charge in [-0.2, -0.15) is 4.99 Å². The van der Waals surface area contributed by atoms with Crippen LogP contribution < -0.4 is 24.7 Å². The predicted molar refractivity (Wildman–Crippen MR) is 127 cm³/mol. The second-order valence-corrected chi connectivity index (χ2v) is 9.23. The summed E-state index contributed by atoms with van der Waals surface area (Å²) in [5, 5.41) is 10.5. The van der Waals surface area contributed by atoms with E-state index in [4.69, 9.17) is 24.7 Å². The fourth-order valence-electron chi connectivity index (χ4n) is 4.14. The van der Waals surface area contributed by atoms with E-state index in [0.29, 0.717) is 36.1 Å². The number of phenolic OH excluding ortho intramolecular Hbond substituents is 1. The van der Waals surface area contributed by atoms with Crippen molar-refractivity contribution in [1.82, 2.24) is 0 Å². The van der Waals surface area contributed by atoms with E-state index >= 15 is 0 Å². The number of ether oxygens (including phenoxy) is 4. The molecule has 8 nitrogen and oxygen atoms in total. The number of aromatic hydroxyl groups is 1. The molecule has 0 radical (unpaired) electrons. The van der Waals surface area contributed by atoms with Crippen molar-refractivity contribution < 1.29 is 28.8 Å². The lowest BCUT2D eigenvalue weighted by Gasteiger charge is -2.30. The molecule has 0 aliphatic carbocycles. The Morgan fingerprint density at radius 1 is 1.21 bits per heavy atom. The number of amidine groups is 1. The molecule has 2 heterocycles. The SMILES string of the molecule is COc1c(O)c(C)c2c(c1OC)OC(CCOc1ccc(CC3SC(N)=NC3=O)cc1)CC2. The molecule has 2 aromatic rings. The summed E-state index contributed by atoms with van der Waals surface area (Å²) in [4.78, 5) is 15.6. The third-order valence-corrected chi connectivity index (χ3v) is 6.92. The number of fused-ring (bicyclic) bond motifs is 1. The number of carbonyl (C=O) groups excluding carboxylic acids is 1. The first kappa shape index (κ1) is 23.1. The van der Waals surface area contributed by atoms with Gasteiger partial charge in [0.1, 0.15) is 11.9 Å². The molecule has 1 amide bonds. The minimum absolute atomic E-state index is 0.0322. The maximum absolute atomic E-state index is 11.8. The van der Waals surface area contributed by atoms with Gasteiger partial charge in [-0.05, 0) is 43.9 Å². The average Bonchev–Trinajstić information content (AvgIpc) is 3.13. The maximum Gasteiger partial charge on any atom is 0.261 e. The average molecular weight is 473 g/mol. The van der Waals surface area contributed by atoms with Crippen LogP contribution >= 0.6 is 11.8 Å². The van der Waals surface area contributed by atoms with E-state index in [-0.39, 0.29) is 28.8 Å². The van der Waals surface area contributed by atoms with Gasteiger partial charge in [0.05, 0.1) is 26.1 Å². The zero-order chi connectivity index (χ0) is 23.5. The Balaban J connectivity index is 1.32. The number of hydrogen-bond acceptors (Lipinski definition) is 8. The summed E-state index contributed by atoms with van der Waals surface area (Å²) in [6, 6.07) is 7.72. The highest BCUT2D eigenvalue weighted by Crippen LogP contribution is 2.51. The quantitative estimate of drug-likeness (QED) is 0.601. The fraction of sp³-hybridized carbons (Fsp3) is 0.417. The van der Waals surface area contributed by atoms with E-state index in [1.54, 1.807) is 0 Å². The van der Waals surface area contributed by atoms with Crippen molar-refractivity contribution in [2.45, 2.75) is 44.0 Å². The van der Waals surface area contributed by atoms with Gasteiger partial charge in [0.15, 0.2) is 16.7 Å². The summed E-state index contributed by atoms with van der Waals surface area (Å²) < 4.78 is 23.0. The monoisotopic (exact) mass is 472 g/mol. The number of carbonyl (C=O) groups is 1. The first-order valence-corrected chi connectivity index (χ1v) is 11.7. The van der Waals surface area contributed by atoms with Crippen molar-refractivity contribution in [1.29, 1.82) is 0 Å². The Bertz CT molecular complexity index is 1070. The molecule has 0 aromatic heterocycles. The molecule has 2 atom stereocenters. The van der Waals surface area contributed by atoms with E-state index in [1.165, 1.54) is 26.0 Å². The van der Waals surface area contributed by atoms with Crippen LogP contribution in [0.5, 0.6) is 28.7 Å². The molecule has 33 heavy (non-hydrogen) atoms. The van der Waals surface area contributed by atoms with Crippen LogP contribution in [0.1, 0.15) is 29.5 Å². The minimum Gasteiger partial charge on any atom is -0.504 e. The van der Waals surface area contributed by atoms with Gasteiger partial charge < -0.3 is 29.8 Å². The van der Waals surface area contributed by atoms with Gasteiger partial charge in [-0.1, -0.05) is 23.9 Å². The fourth-order valence-corrected chi connectivity index (χ4v) is 5.01. The molecular weight excluding hydrogens is 444 g/mol. The minimum atomic E-state index is -0.246. The summed E-state index contributed by atoms with van der Waals surface area (Å²) in [7, 11) is 3.03. The topological polar surface area (TPSA) is 113 Å². The smallest absolute Gasteiger partial charge is 0.261 e. The zero-order valence-corrected chi connectivity index (χ0v) is 19.7. The van der Waals surface area contributed by atoms with Crippen LogP contribution in [0.15, 0.2) is 29.3 Å². The third kappa shape index (κ3) is 4.83. The van der Waals surface area contributed by atoms with Gasteiger partial charge in [-0.15, -0.1) is 0 Å². The standard InChI is InChI=1S/C24H28N2O6S/c1-13-17-9-8-16(32-20(17)22(30-3)21(29-2)19(13)27)10-11-31-15-6-4-14(5-7-15)12-18-23(28)26-24(25)33-18/h4-7,16,18,27H,8-12H2,1-3H3,(H2,25,26,28). The van der Waals surface area contributed by atoms with E-state index in [1.807, 2.05) is 31.2 Å². The molecule has 9 heteroatoms. The predicted octanol–water partition coefficient (Wildman–Crippen LogP) is 3.38. The number of phenols is 1. The molecule has 3 N–H and O–H groups in total. The molecule has 2 aliphatic rings. The maximum atomic E-state index is 11.8. The normalized spacial score (nSPS) is 19.5. The summed E-state index contributed by atoms with van der Waals surface area (Å²) in [6.45, 7) is 2.35. The Kier molecular flexibility index (Phi) is 6.88. The van der Waals surface area contributed by atoms with Crippen molar-refractivity contribution in [3.05, 3.63) is 41.0 Å². The Morgan fingerprint density at radius 2 is 1.94 bits per heavy atom. The number of thioether (sulfide) groups is 1. The van der Waals surface area contributed by atoms with Crippen molar-refractivity contribution >= 4 is 22.8 Å². The molecule has 176 valence electrons. The number of rotatable bonds is 8. The van der Waals surface area contributed by atoms with E-state index in [9.17, 15) is 9.90 Å². The van der Waals surface area contributed by atoms with Gasteiger partial charge >= 0.3 is 0 Å². The lowest BCUT2D eigenvalue weighted by Crippen LogP contribution is -2.26. The first-order chi connectivity index (χ1) is 15.9. The molecular formula is C24H28N2O6S. The highest BCUT2D eigenvalue weighted by Gasteiger charge is 2.30. The molecule has 0 bridgehead atoms. The van der Waals surface area contributed by atoms with Gasteiger partial charge in [0, 0.05) is 17.5 Å². The lowest BCUT2D eigenvalue weighted by molar-refractivity contribution is -0.117. The van der Waals surface area contributed by atoms with Gasteiger partial charge in [0.25, 0.3) is 5.91 Å². The van der Waals surface area contributed by atoms with E-state index in [2.05, 4.69) is 4.99 Å². The number of hydrogen-bond donors (Lipinski definition) is 2. The summed E-state index contributed by atoms with van der Waals surface area (Å²) in [5.41, 5.74) is 8.35. The number of nitrogens with zero attached hydrogens (tertiary/aromatic N) is 1. The highest BCUT2D eigenvalue weighted by atomic mass is 32.2. The van der Waals surface area contributed by atoms with Crippen LogP contribution in [0.3, 0.4) is 0 Å². The van der Waals surface area contributed by atoms with Crippen LogP contribution in [0.4, 0.5) is 0 Å². The van der Waals surface area contributed by atoms with E-state index < -0.39 is 0 Å². The van der Waals surface area contributed by atoms with Crippen LogP contribution in [-0.2, 0) is 17.6 Å². The molecule has 2 aliphatic heterocycles. The highest BCUT2D eigenvalue weighted by molar-refractivity contribution is 8.15. The molecule has 0 saturated heterocycles. The van der Waals surface area contributed by atoms with Crippen molar-refractivity contribution in [3.63, 3.8) is 0 Å². The number of aliphatic imine (C=N–C) groups is 1. The summed E-state index contributed by atoms with van der Waals surface area (Å²) in [5.74, 6) is 2.02. The molecule has 0 saturated carbocycles. The summed E-state index contributed by atoms with van der Waals surface area (Å²) >= 11 is 1.31. The number of methoxy groups -OCH3 is 2. The number of benzene rings is 2. The largest absolute Gasteiger partial charge is 0.504 e. The van der Waals surface area contributed by atoms with Crippen LogP contribution in [0, 0.1) is 6.92 Å². The van der Waals surface area contributed by atoms with Crippen molar-refractivity contribution in [2.24, 2.45) is 10.7 Å². The molecule has 2 aromatic carbocycles. The van der Waals surface area contributed by atoms with Crippen LogP contribution in [0.2, 0.25) is 0 Å². The van der Waals surface area contributed by atoms with Crippen molar-refractivity contribution in [2.75, 3.05) is 20.8 Å². The zero-order valence-electron chi connectivity index (χ0n) is 18.9. The summed E-state index contributed by atoms with van der Waals surface area (Å²) in [6.07, 6.45) is 2.86. The Hall–Kier alpha value is -3.07. The van der Waals surface area contributed by atoms with Crippen LogP contribution in [0.25, 0.3) is 0 Å². The Labute approximate surface area is 197 Å². The number of nitrogens with two attached hydrogens (primary N) is 1. The molecule has 0 spiro atoms. The lowest BCUT2D eigenvalue weighted by atomic mass is 9.95. The van der Waals surface area contributed by atoms with Gasteiger partial charge in [-0.3, -0.25) is 4.79 Å². The Morgan fingerprint density at radius 3 is 2.58 bits per heavy atom. The first-order valence-electron chi connectivity index (χ1n) is 10.8. The molecule has 0 fully saturated rings. The van der Waals surface area contributed by atoms with E-state index in [0.717, 1.165) is 35.3 Å². The molecule has 2 unspecified atom stereocenters. The molecule has 4 rings (SSSR count). The number of amides is 1. The van der Waals surface area contributed by atoms with Gasteiger partial charge in [0.2, 0.25) is 11.5 Å². The van der Waals surface area contributed by atoms with Gasteiger partial charge in [-0.25, -0.2) is 0 Å².